The van der Waals surface area contributed by atoms with Gasteiger partial charge in [0.1, 0.15) is 21.9 Å². The van der Waals surface area contributed by atoms with Crippen LogP contribution in [0.2, 0.25) is 0 Å². The topological polar surface area (TPSA) is 133 Å². The van der Waals surface area contributed by atoms with E-state index >= 15 is 0 Å². The second-order valence-electron chi connectivity index (χ2n) is 9.61. The van der Waals surface area contributed by atoms with Crippen molar-refractivity contribution in [2.45, 2.75) is 35.1 Å². The lowest BCUT2D eigenvalue weighted by molar-refractivity contribution is 0.0387. The van der Waals surface area contributed by atoms with Crippen molar-refractivity contribution in [1.29, 1.82) is 0 Å². The summed E-state index contributed by atoms with van der Waals surface area (Å²) in [5.74, 6) is -1.25. The molecule has 1 aliphatic heterocycles. The van der Waals surface area contributed by atoms with Crippen LogP contribution < -0.4 is 9.46 Å². The third-order valence-corrected chi connectivity index (χ3v) is 11.3. The first-order chi connectivity index (χ1) is 18.8. The van der Waals surface area contributed by atoms with Gasteiger partial charge in [0.2, 0.25) is 10.0 Å². The maximum absolute atomic E-state index is 13.6. The largest absolute Gasteiger partial charge is 0.488 e. The number of amides is 1. The van der Waals surface area contributed by atoms with Gasteiger partial charge >= 0.3 is 0 Å². The van der Waals surface area contributed by atoms with Crippen LogP contribution in [0.15, 0.2) is 69.1 Å². The molecule has 0 fully saturated rings. The second kappa shape index (κ2) is 11.8. The average Bonchev–Trinajstić information content (AvgIpc) is 3.47. The molecular weight excluding hydrogens is 581 g/mol. The summed E-state index contributed by atoms with van der Waals surface area (Å²) in [5, 5.41) is 11.5. The smallest absolute Gasteiger partial charge is 0.271 e. The lowest BCUT2D eigenvalue weighted by Crippen LogP contribution is -2.50. The minimum Gasteiger partial charge on any atom is -0.488 e. The predicted molar refractivity (Wildman–Crippen MR) is 149 cm³/mol. The first-order valence-corrected chi connectivity index (χ1v) is 16.1. The van der Waals surface area contributed by atoms with E-state index in [0.717, 1.165) is 27.8 Å². The summed E-state index contributed by atoms with van der Waals surface area (Å²) in [5.41, 5.74) is 0.203. The van der Waals surface area contributed by atoms with Crippen molar-refractivity contribution in [3.63, 3.8) is 0 Å². The number of halogens is 1. The summed E-state index contributed by atoms with van der Waals surface area (Å²) in [4.78, 5) is 15.0. The Hall–Kier alpha value is -3.04. The first-order valence-electron chi connectivity index (χ1n) is 12.3. The van der Waals surface area contributed by atoms with Crippen LogP contribution in [-0.2, 0) is 20.0 Å². The molecule has 10 nitrogen and oxygen atoms in total. The van der Waals surface area contributed by atoms with E-state index < -0.39 is 43.9 Å². The van der Waals surface area contributed by atoms with Crippen LogP contribution >= 0.6 is 11.3 Å². The maximum atomic E-state index is 13.6. The molecule has 1 aliphatic rings. The highest BCUT2D eigenvalue weighted by molar-refractivity contribution is 7.94. The molecule has 2 heterocycles. The molecule has 2 aromatic carbocycles. The van der Waals surface area contributed by atoms with E-state index in [2.05, 4.69) is 4.72 Å². The van der Waals surface area contributed by atoms with E-state index in [0.29, 0.717) is 0 Å². The number of ether oxygens (including phenoxy) is 1. The lowest BCUT2D eigenvalue weighted by atomic mass is 9.99. The molecule has 0 spiro atoms. The number of rotatable bonds is 9. The third kappa shape index (κ3) is 6.31. The average molecular weight is 612 g/mol. The molecule has 0 saturated carbocycles. The fraction of sp³-hybridized carbons (Fsp3) is 0.346. The van der Waals surface area contributed by atoms with Crippen LogP contribution in [0.3, 0.4) is 0 Å². The number of benzene rings is 2. The standard InChI is InChI=1S/C26H30FN3O7S3/c1-17-14-30(18(2)16-31)26(32)22-13-20(28-39(33,34)25-5-4-12-38-25)8-11-23(22)37-24(17)15-29(3)40(35,36)21-9-6-19(27)7-10-21/h4-13,17-18,24,28,31H,14-16H2,1-3H3/t17-,18+,24-/m1/s1. The lowest BCUT2D eigenvalue weighted by Gasteiger charge is -2.38. The molecule has 40 heavy (non-hydrogen) atoms. The molecule has 1 aromatic heterocycles. The summed E-state index contributed by atoms with van der Waals surface area (Å²) in [6.07, 6.45) is -0.728. The molecule has 14 heteroatoms. The number of hydrogen-bond acceptors (Lipinski definition) is 8. The highest BCUT2D eigenvalue weighted by atomic mass is 32.2. The van der Waals surface area contributed by atoms with Crippen LogP contribution in [0.25, 0.3) is 0 Å². The molecular formula is C26H30FN3O7S3. The summed E-state index contributed by atoms with van der Waals surface area (Å²) in [6, 6.07) is 11.3. The monoisotopic (exact) mass is 611 g/mol. The molecule has 3 atom stereocenters. The Morgan fingerprint density at radius 2 is 1.88 bits per heavy atom. The van der Waals surface area contributed by atoms with Crippen molar-refractivity contribution in [1.82, 2.24) is 9.21 Å². The number of carbonyl (C=O) groups excluding carboxylic acids is 1. The SMILES string of the molecule is C[C@@H]1CN([C@@H](C)CO)C(=O)c2cc(NS(=O)(=O)c3cccs3)ccc2O[C@@H]1CN(C)S(=O)(=O)c1ccc(F)cc1. The van der Waals surface area contributed by atoms with Crippen LogP contribution in [0.1, 0.15) is 24.2 Å². The molecule has 4 rings (SSSR count). The summed E-state index contributed by atoms with van der Waals surface area (Å²) in [7, 11) is -6.48. The molecule has 0 radical (unpaired) electrons. The summed E-state index contributed by atoms with van der Waals surface area (Å²) < 4.78 is 75.1. The number of aliphatic hydroxyl groups excluding tert-OH is 1. The molecule has 3 aromatic rings. The fourth-order valence-corrected chi connectivity index (χ4v) is 7.49. The van der Waals surface area contributed by atoms with E-state index in [1.807, 2.05) is 6.92 Å². The van der Waals surface area contributed by atoms with Gasteiger partial charge in [-0.2, -0.15) is 4.31 Å². The van der Waals surface area contributed by atoms with Gasteiger partial charge in [-0.1, -0.05) is 13.0 Å². The molecule has 0 saturated heterocycles. The van der Waals surface area contributed by atoms with Crippen molar-refractivity contribution in [2.24, 2.45) is 5.92 Å². The van der Waals surface area contributed by atoms with Crippen molar-refractivity contribution < 1.29 is 35.9 Å². The minimum atomic E-state index is -3.98. The normalized spacial score (nSPS) is 18.9. The van der Waals surface area contributed by atoms with Gasteiger partial charge in [-0.3, -0.25) is 9.52 Å². The third-order valence-electron chi connectivity index (χ3n) is 6.64. The Morgan fingerprint density at radius 1 is 1.18 bits per heavy atom. The number of nitrogens with zero attached hydrogens (tertiary/aromatic N) is 2. The Kier molecular flexibility index (Phi) is 8.85. The van der Waals surface area contributed by atoms with Crippen molar-refractivity contribution in [3.05, 3.63) is 71.4 Å². The van der Waals surface area contributed by atoms with Gasteiger partial charge in [-0.05, 0) is 60.8 Å². The van der Waals surface area contributed by atoms with E-state index in [1.54, 1.807) is 18.4 Å². The van der Waals surface area contributed by atoms with Crippen LogP contribution in [0.5, 0.6) is 5.75 Å². The minimum absolute atomic E-state index is 0.0626. The van der Waals surface area contributed by atoms with Gasteiger partial charge in [0, 0.05) is 25.2 Å². The number of sulfonamides is 2. The fourth-order valence-electron chi connectivity index (χ4n) is 4.26. The van der Waals surface area contributed by atoms with Gasteiger partial charge in [-0.15, -0.1) is 11.3 Å². The molecule has 0 unspecified atom stereocenters. The number of carbonyl (C=O) groups is 1. The van der Waals surface area contributed by atoms with Gasteiger partial charge in [-0.25, -0.2) is 21.2 Å². The van der Waals surface area contributed by atoms with Gasteiger partial charge in [0.25, 0.3) is 15.9 Å². The Morgan fingerprint density at radius 3 is 2.50 bits per heavy atom. The van der Waals surface area contributed by atoms with Crippen LogP contribution in [-0.4, -0.2) is 75.9 Å². The number of nitrogens with one attached hydrogen (secondary N) is 1. The summed E-state index contributed by atoms with van der Waals surface area (Å²) >= 11 is 1.05. The van der Waals surface area contributed by atoms with Crippen molar-refractivity contribution in [3.8, 4) is 5.75 Å². The van der Waals surface area contributed by atoms with E-state index in [-0.39, 0.29) is 51.7 Å². The van der Waals surface area contributed by atoms with E-state index in [9.17, 15) is 31.1 Å². The van der Waals surface area contributed by atoms with Gasteiger partial charge in [0.15, 0.2) is 0 Å². The summed E-state index contributed by atoms with van der Waals surface area (Å²) in [6.45, 7) is 3.21. The number of anilines is 1. The van der Waals surface area contributed by atoms with Crippen molar-refractivity contribution in [2.75, 3.05) is 31.5 Å². The zero-order valence-corrected chi connectivity index (χ0v) is 24.5. The zero-order valence-electron chi connectivity index (χ0n) is 22.0. The number of hydrogen-bond donors (Lipinski definition) is 2. The predicted octanol–water partition coefficient (Wildman–Crippen LogP) is 3.23. The number of likely N-dealkylation sites (N-methyl/N-ethyl adjacent to an activating group) is 1. The number of thiophene rings is 1. The highest BCUT2D eigenvalue weighted by Crippen LogP contribution is 2.32. The number of aliphatic hydroxyl groups is 1. The van der Waals surface area contributed by atoms with Crippen LogP contribution in [0.4, 0.5) is 10.1 Å². The van der Waals surface area contributed by atoms with E-state index in [1.165, 1.54) is 48.3 Å². The van der Waals surface area contributed by atoms with E-state index in [4.69, 9.17) is 4.74 Å². The van der Waals surface area contributed by atoms with Crippen LogP contribution in [0, 0.1) is 11.7 Å². The zero-order chi connectivity index (χ0) is 29.2. The molecule has 1 amide bonds. The second-order valence-corrected chi connectivity index (χ2v) is 14.5. The Bertz CT molecular complexity index is 1560. The van der Waals surface area contributed by atoms with Gasteiger partial charge in [0.05, 0.1) is 29.7 Å². The first kappa shape index (κ1) is 29.9. The van der Waals surface area contributed by atoms with Gasteiger partial charge < -0.3 is 14.7 Å². The number of fused-ring (bicyclic) bond motifs is 1. The highest BCUT2D eigenvalue weighted by Gasteiger charge is 2.35. The molecule has 0 aliphatic carbocycles. The molecule has 216 valence electrons. The maximum Gasteiger partial charge on any atom is 0.271 e. The molecule has 0 bridgehead atoms. The molecule has 2 N–H and O–H groups in total. The Labute approximate surface area is 237 Å². The quantitative estimate of drug-likeness (QED) is 0.380. The Balaban J connectivity index is 1.68. The van der Waals surface area contributed by atoms with Crippen molar-refractivity contribution >= 4 is 43.0 Å².